The molecule has 0 saturated carbocycles. The molecule has 0 atom stereocenters. The van der Waals surface area contributed by atoms with Crippen LogP contribution >= 0.6 is 15.9 Å². The van der Waals surface area contributed by atoms with Crippen LogP contribution in [-0.2, 0) is 0 Å². The number of aldehydes is 1. The van der Waals surface area contributed by atoms with E-state index in [9.17, 15) is 9.18 Å². The molecule has 82 valence electrons. The second-order valence-electron chi connectivity index (χ2n) is 3.12. The molecule has 2 nitrogen and oxygen atoms in total. The molecule has 1 aromatic rings. The van der Waals surface area contributed by atoms with Crippen LogP contribution in [0.5, 0.6) is 5.75 Å². The first kappa shape index (κ1) is 12.2. The second-order valence-corrected chi connectivity index (χ2v) is 3.98. The number of unbranched alkanes of at least 4 members (excludes halogenated alkanes) is 1. The van der Waals surface area contributed by atoms with E-state index < -0.39 is 5.82 Å². The third kappa shape index (κ3) is 3.30. The first-order chi connectivity index (χ1) is 7.19. The van der Waals surface area contributed by atoms with Crippen molar-refractivity contribution in [3.05, 3.63) is 28.0 Å². The van der Waals surface area contributed by atoms with Gasteiger partial charge in [0.1, 0.15) is 11.6 Å². The largest absolute Gasteiger partial charge is 0.492 e. The average molecular weight is 275 g/mol. The van der Waals surface area contributed by atoms with Crippen LogP contribution in [0.2, 0.25) is 0 Å². The number of carbonyl (C=O) groups excluding carboxylic acids is 1. The third-order valence-electron chi connectivity index (χ3n) is 1.93. The van der Waals surface area contributed by atoms with Gasteiger partial charge in [0.15, 0.2) is 6.29 Å². The predicted molar refractivity (Wildman–Crippen MR) is 59.9 cm³/mol. The minimum atomic E-state index is -0.556. The summed E-state index contributed by atoms with van der Waals surface area (Å²) in [6.45, 7) is 2.60. The number of hydrogen-bond donors (Lipinski definition) is 0. The lowest BCUT2D eigenvalue weighted by molar-refractivity contribution is 0.111. The van der Waals surface area contributed by atoms with Crippen LogP contribution in [0.15, 0.2) is 16.6 Å². The molecule has 0 unspecified atom stereocenters. The van der Waals surface area contributed by atoms with Crippen LogP contribution in [-0.4, -0.2) is 12.9 Å². The van der Waals surface area contributed by atoms with Gasteiger partial charge in [-0.1, -0.05) is 13.3 Å². The fraction of sp³-hybridized carbons (Fsp3) is 0.364. The number of benzene rings is 1. The predicted octanol–water partition coefficient (Wildman–Crippen LogP) is 3.58. The summed E-state index contributed by atoms with van der Waals surface area (Å²) in [6.07, 6.45) is 2.42. The smallest absolute Gasteiger partial charge is 0.153 e. The Balaban J connectivity index is 2.80. The summed E-state index contributed by atoms with van der Waals surface area (Å²) >= 11 is 3.22. The molecule has 0 aliphatic heterocycles. The highest BCUT2D eigenvalue weighted by Gasteiger charge is 2.08. The molecule has 0 heterocycles. The summed E-state index contributed by atoms with van der Waals surface area (Å²) in [5, 5.41) is 0. The van der Waals surface area contributed by atoms with Crippen LogP contribution in [0, 0.1) is 5.82 Å². The molecule has 15 heavy (non-hydrogen) atoms. The fourth-order valence-electron chi connectivity index (χ4n) is 1.07. The zero-order valence-electron chi connectivity index (χ0n) is 8.43. The molecule has 0 aromatic heterocycles. The molecule has 1 aromatic carbocycles. The Kier molecular flexibility index (Phi) is 4.75. The lowest BCUT2D eigenvalue weighted by Gasteiger charge is -2.08. The van der Waals surface area contributed by atoms with Crippen LogP contribution in [0.25, 0.3) is 0 Å². The minimum absolute atomic E-state index is 0.0321. The zero-order valence-corrected chi connectivity index (χ0v) is 10.0. The van der Waals surface area contributed by atoms with Gasteiger partial charge in [0.25, 0.3) is 0 Å². The maximum Gasteiger partial charge on any atom is 0.153 e. The Hall–Kier alpha value is -0.900. The molecule has 0 spiro atoms. The van der Waals surface area contributed by atoms with Crippen molar-refractivity contribution >= 4 is 22.2 Å². The Morgan fingerprint density at radius 3 is 2.87 bits per heavy atom. The lowest BCUT2D eigenvalue weighted by atomic mass is 10.2. The standard InChI is InChI=1S/C11H12BrFO2/c1-2-3-4-15-11-6-10(13)8(7-14)5-9(11)12/h5-7H,2-4H2,1H3. The summed E-state index contributed by atoms with van der Waals surface area (Å²) in [4.78, 5) is 10.4. The monoisotopic (exact) mass is 274 g/mol. The molecule has 0 saturated heterocycles. The molecule has 0 N–H and O–H groups in total. The summed E-state index contributed by atoms with van der Waals surface area (Å²) in [7, 11) is 0. The molecule has 1 rings (SSSR count). The van der Waals surface area contributed by atoms with Gasteiger partial charge in [0, 0.05) is 6.07 Å². The van der Waals surface area contributed by atoms with E-state index in [1.807, 2.05) is 0 Å². The maximum atomic E-state index is 13.2. The fourth-order valence-corrected chi connectivity index (χ4v) is 1.55. The van der Waals surface area contributed by atoms with Crippen molar-refractivity contribution in [2.75, 3.05) is 6.61 Å². The molecule has 0 aliphatic carbocycles. The van der Waals surface area contributed by atoms with Gasteiger partial charge < -0.3 is 4.74 Å². The van der Waals surface area contributed by atoms with E-state index in [1.54, 1.807) is 0 Å². The molecule has 0 fully saturated rings. The van der Waals surface area contributed by atoms with E-state index in [4.69, 9.17) is 4.74 Å². The summed E-state index contributed by atoms with van der Waals surface area (Å²) in [6, 6.07) is 2.65. The third-order valence-corrected chi connectivity index (χ3v) is 2.55. The van der Waals surface area contributed by atoms with Gasteiger partial charge in [-0.05, 0) is 28.4 Å². The van der Waals surface area contributed by atoms with Gasteiger partial charge in [-0.2, -0.15) is 0 Å². The number of halogens is 2. The van der Waals surface area contributed by atoms with Gasteiger partial charge >= 0.3 is 0 Å². The van der Waals surface area contributed by atoms with Crippen molar-refractivity contribution in [3.8, 4) is 5.75 Å². The minimum Gasteiger partial charge on any atom is -0.492 e. The molecule has 4 heteroatoms. The number of ether oxygens (including phenoxy) is 1. The first-order valence-corrected chi connectivity index (χ1v) is 5.55. The highest BCUT2D eigenvalue weighted by Crippen LogP contribution is 2.27. The molecule has 0 radical (unpaired) electrons. The summed E-state index contributed by atoms with van der Waals surface area (Å²) in [5.41, 5.74) is 0.0321. The lowest BCUT2D eigenvalue weighted by Crippen LogP contribution is -1.99. The molecule has 0 amide bonds. The van der Waals surface area contributed by atoms with Crippen molar-refractivity contribution in [2.24, 2.45) is 0 Å². The zero-order chi connectivity index (χ0) is 11.3. The van der Waals surface area contributed by atoms with E-state index in [0.717, 1.165) is 12.8 Å². The first-order valence-electron chi connectivity index (χ1n) is 4.76. The second kappa shape index (κ2) is 5.85. The van der Waals surface area contributed by atoms with Crippen LogP contribution in [0.1, 0.15) is 30.1 Å². The Morgan fingerprint density at radius 2 is 2.27 bits per heavy atom. The summed E-state index contributed by atoms with van der Waals surface area (Å²) < 4.78 is 19.2. The van der Waals surface area contributed by atoms with E-state index in [2.05, 4.69) is 22.9 Å². The van der Waals surface area contributed by atoms with E-state index in [1.165, 1.54) is 12.1 Å². The number of rotatable bonds is 5. The topological polar surface area (TPSA) is 26.3 Å². The van der Waals surface area contributed by atoms with Crippen LogP contribution in [0.4, 0.5) is 4.39 Å². The van der Waals surface area contributed by atoms with E-state index >= 15 is 0 Å². The van der Waals surface area contributed by atoms with Crippen molar-refractivity contribution < 1.29 is 13.9 Å². The van der Waals surface area contributed by atoms with Gasteiger partial charge in [0.2, 0.25) is 0 Å². The van der Waals surface area contributed by atoms with Crippen LogP contribution in [0.3, 0.4) is 0 Å². The SMILES string of the molecule is CCCCOc1cc(F)c(C=O)cc1Br. The number of hydrogen-bond acceptors (Lipinski definition) is 2. The quantitative estimate of drug-likeness (QED) is 0.606. The van der Waals surface area contributed by atoms with Crippen molar-refractivity contribution in [1.82, 2.24) is 0 Å². The van der Waals surface area contributed by atoms with E-state index in [-0.39, 0.29) is 5.56 Å². The summed E-state index contributed by atoms with van der Waals surface area (Å²) in [5.74, 6) is -0.119. The Labute approximate surface area is 96.6 Å². The maximum absolute atomic E-state index is 13.2. The average Bonchev–Trinajstić information content (AvgIpc) is 2.23. The number of carbonyl (C=O) groups is 1. The highest BCUT2D eigenvalue weighted by atomic mass is 79.9. The van der Waals surface area contributed by atoms with E-state index in [0.29, 0.717) is 23.1 Å². The normalized spacial score (nSPS) is 10.1. The van der Waals surface area contributed by atoms with Gasteiger partial charge in [-0.15, -0.1) is 0 Å². The molecule has 0 bridgehead atoms. The van der Waals surface area contributed by atoms with Crippen molar-refractivity contribution in [2.45, 2.75) is 19.8 Å². The van der Waals surface area contributed by atoms with Gasteiger partial charge in [-0.25, -0.2) is 4.39 Å². The van der Waals surface area contributed by atoms with Crippen LogP contribution < -0.4 is 4.74 Å². The Bertz CT molecular complexity index is 353. The Morgan fingerprint density at radius 1 is 1.53 bits per heavy atom. The van der Waals surface area contributed by atoms with Crippen molar-refractivity contribution in [1.29, 1.82) is 0 Å². The molecule has 0 aliphatic rings. The highest BCUT2D eigenvalue weighted by molar-refractivity contribution is 9.10. The molecular formula is C11H12BrFO2. The van der Waals surface area contributed by atoms with Gasteiger partial charge in [-0.3, -0.25) is 4.79 Å². The molecular weight excluding hydrogens is 263 g/mol. The van der Waals surface area contributed by atoms with Gasteiger partial charge in [0.05, 0.1) is 16.6 Å². The van der Waals surface area contributed by atoms with Crippen molar-refractivity contribution in [3.63, 3.8) is 0 Å².